The number of amides is 3. The van der Waals surface area contributed by atoms with Crippen LogP contribution in [0.25, 0.3) is 0 Å². The Balaban J connectivity index is 1.71. The first-order chi connectivity index (χ1) is 13.9. The molecule has 29 heavy (non-hydrogen) atoms. The smallest absolute Gasteiger partial charge is 0.253 e. The molecule has 0 bridgehead atoms. The zero-order valence-corrected chi connectivity index (χ0v) is 16.5. The second-order valence-corrected chi connectivity index (χ2v) is 7.44. The largest absolute Gasteiger partial charge is 0.370 e. The van der Waals surface area contributed by atoms with Gasteiger partial charge in [0.15, 0.2) is 6.04 Å². The van der Waals surface area contributed by atoms with Crippen LogP contribution < -0.4 is 16.0 Å². The Morgan fingerprint density at radius 1 is 1.41 bits per heavy atom. The highest BCUT2D eigenvalue weighted by Crippen LogP contribution is 2.28. The molecule has 1 aliphatic carbocycles. The van der Waals surface area contributed by atoms with Crippen molar-refractivity contribution in [2.45, 2.75) is 32.2 Å². The van der Waals surface area contributed by atoms with Crippen molar-refractivity contribution in [1.82, 2.24) is 4.90 Å². The van der Waals surface area contributed by atoms with Gasteiger partial charge in [-0.3, -0.25) is 19.3 Å². The maximum absolute atomic E-state index is 14.6. The molecule has 2 fully saturated rings. The molecule has 1 heterocycles. The number of carbonyl (C=O) groups is 3. The van der Waals surface area contributed by atoms with Gasteiger partial charge in [-0.25, -0.2) is 4.39 Å². The van der Waals surface area contributed by atoms with Crippen molar-refractivity contribution in [3.8, 4) is 0 Å². The van der Waals surface area contributed by atoms with E-state index >= 15 is 0 Å². The predicted molar refractivity (Wildman–Crippen MR) is 106 cm³/mol. The Bertz CT molecular complexity index is 784. The van der Waals surface area contributed by atoms with E-state index in [9.17, 15) is 18.8 Å². The van der Waals surface area contributed by atoms with Crippen LogP contribution in [0.1, 0.15) is 26.2 Å². The maximum Gasteiger partial charge on any atom is 0.253 e. The summed E-state index contributed by atoms with van der Waals surface area (Å²) in [5.74, 6) is -1.83. The lowest BCUT2D eigenvalue weighted by Crippen LogP contribution is -2.53. The second kappa shape index (κ2) is 9.32. The Morgan fingerprint density at radius 2 is 2.17 bits per heavy atom. The van der Waals surface area contributed by atoms with Crippen LogP contribution in [-0.2, 0) is 19.1 Å². The van der Waals surface area contributed by atoms with Crippen molar-refractivity contribution in [1.29, 1.82) is 0 Å². The molecule has 0 spiro atoms. The first-order valence-corrected chi connectivity index (χ1v) is 9.92. The van der Waals surface area contributed by atoms with Gasteiger partial charge >= 0.3 is 0 Å². The van der Waals surface area contributed by atoms with E-state index in [1.807, 2.05) is 6.92 Å². The highest BCUT2D eigenvalue weighted by molar-refractivity contribution is 6.09. The maximum atomic E-state index is 14.6. The van der Waals surface area contributed by atoms with E-state index in [4.69, 9.17) is 10.5 Å². The number of morpholine rings is 1. The number of rotatable bonds is 8. The summed E-state index contributed by atoms with van der Waals surface area (Å²) in [5.41, 5.74) is 5.82. The van der Waals surface area contributed by atoms with Crippen LogP contribution in [0, 0.1) is 11.7 Å². The van der Waals surface area contributed by atoms with Gasteiger partial charge in [0.2, 0.25) is 5.91 Å². The minimum Gasteiger partial charge on any atom is -0.370 e. The Morgan fingerprint density at radius 3 is 2.72 bits per heavy atom. The summed E-state index contributed by atoms with van der Waals surface area (Å²) in [7, 11) is 0. The molecule has 3 N–H and O–H groups in total. The average molecular weight is 406 g/mol. The summed E-state index contributed by atoms with van der Waals surface area (Å²) in [4.78, 5) is 39.7. The number of carbonyl (C=O) groups excluding carboxylic acids is 3. The van der Waals surface area contributed by atoms with Gasteiger partial charge in [-0.15, -0.1) is 0 Å². The zero-order chi connectivity index (χ0) is 21.0. The van der Waals surface area contributed by atoms with Crippen molar-refractivity contribution >= 4 is 29.1 Å². The molecule has 1 aliphatic heterocycles. The van der Waals surface area contributed by atoms with Gasteiger partial charge in [0.25, 0.3) is 11.8 Å². The van der Waals surface area contributed by atoms with Crippen molar-refractivity contribution in [3.63, 3.8) is 0 Å². The Kier molecular flexibility index (Phi) is 6.81. The van der Waals surface area contributed by atoms with Crippen LogP contribution in [0.3, 0.4) is 0 Å². The van der Waals surface area contributed by atoms with Gasteiger partial charge in [-0.2, -0.15) is 0 Å². The lowest BCUT2D eigenvalue weighted by Gasteiger charge is -2.34. The number of benzene rings is 1. The molecule has 158 valence electrons. The van der Waals surface area contributed by atoms with E-state index in [1.165, 1.54) is 17.0 Å². The van der Waals surface area contributed by atoms with Crippen molar-refractivity contribution in [3.05, 3.63) is 24.0 Å². The van der Waals surface area contributed by atoms with E-state index in [-0.39, 0.29) is 30.4 Å². The van der Waals surface area contributed by atoms with Crippen molar-refractivity contribution in [2.75, 3.05) is 43.1 Å². The van der Waals surface area contributed by atoms with Gasteiger partial charge in [-0.05, 0) is 43.5 Å². The van der Waals surface area contributed by atoms with Gasteiger partial charge in [0.1, 0.15) is 12.4 Å². The van der Waals surface area contributed by atoms with E-state index in [1.54, 1.807) is 4.90 Å². The number of hydrogen-bond acceptors (Lipinski definition) is 5. The summed E-state index contributed by atoms with van der Waals surface area (Å²) >= 11 is 0. The lowest BCUT2D eigenvalue weighted by atomic mass is 9.85. The molecule has 0 aromatic heterocycles. The van der Waals surface area contributed by atoms with Crippen LogP contribution >= 0.6 is 0 Å². The van der Waals surface area contributed by atoms with Crippen molar-refractivity contribution in [2.24, 2.45) is 11.7 Å². The van der Waals surface area contributed by atoms with Crippen molar-refractivity contribution < 1.29 is 23.5 Å². The molecule has 0 radical (unpaired) electrons. The summed E-state index contributed by atoms with van der Waals surface area (Å²) in [5, 5.41) is 2.58. The third-order valence-electron chi connectivity index (χ3n) is 5.50. The number of hydrogen-bond donors (Lipinski definition) is 2. The minimum absolute atomic E-state index is 0.0912. The molecule has 1 aromatic rings. The molecule has 1 saturated heterocycles. The standard InChI is InChI=1S/C20H27FN4O4/c1-2-24(11-13-4-3-5-13)18(19(22)27)20(28)23-14-6-7-16(15(21)10-14)25-8-9-29-12-17(25)26/h6-7,10,13,18H,2-5,8-9,11-12H2,1H3,(H2,22,27)(H,23,28)/t18-/m1/s1. The molecule has 0 unspecified atom stereocenters. The number of nitrogens with two attached hydrogens (primary N) is 1. The normalized spacial score (nSPS) is 18.4. The van der Waals surface area contributed by atoms with Gasteiger partial charge in [0, 0.05) is 18.8 Å². The quantitative estimate of drug-likeness (QED) is 0.629. The predicted octanol–water partition coefficient (Wildman–Crippen LogP) is 1.10. The zero-order valence-electron chi connectivity index (χ0n) is 16.5. The number of anilines is 2. The Labute approximate surface area is 169 Å². The Hall–Kier alpha value is -2.52. The summed E-state index contributed by atoms with van der Waals surface area (Å²) in [6, 6.07) is 2.94. The molecule has 1 atom stereocenters. The first-order valence-electron chi connectivity index (χ1n) is 9.92. The molecular formula is C20H27FN4O4. The monoisotopic (exact) mass is 406 g/mol. The number of nitrogens with zero attached hydrogens (tertiary/aromatic N) is 2. The van der Waals surface area contributed by atoms with Crippen LogP contribution in [-0.4, -0.2) is 61.5 Å². The van der Waals surface area contributed by atoms with Crippen LogP contribution in [0.15, 0.2) is 18.2 Å². The fourth-order valence-corrected chi connectivity index (χ4v) is 3.69. The third-order valence-corrected chi connectivity index (χ3v) is 5.50. The summed E-state index contributed by atoms with van der Waals surface area (Å²) < 4.78 is 19.6. The topological polar surface area (TPSA) is 105 Å². The molecule has 2 aliphatic rings. The first kappa shape index (κ1) is 21.2. The van der Waals surface area contributed by atoms with Crippen LogP contribution in [0.2, 0.25) is 0 Å². The number of ether oxygens (including phenoxy) is 1. The van der Waals surface area contributed by atoms with E-state index in [2.05, 4.69) is 5.32 Å². The van der Waals surface area contributed by atoms with Crippen LogP contribution in [0.5, 0.6) is 0 Å². The summed E-state index contributed by atoms with van der Waals surface area (Å²) in [6.45, 7) is 3.51. The number of primary amides is 1. The molecular weight excluding hydrogens is 379 g/mol. The molecule has 1 saturated carbocycles. The fraction of sp³-hybridized carbons (Fsp3) is 0.550. The molecule has 3 rings (SSSR count). The molecule has 1 aromatic carbocycles. The number of likely N-dealkylation sites (N-methyl/N-ethyl adjacent to an activating group) is 1. The van der Waals surface area contributed by atoms with E-state index in [0.29, 0.717) is 25.6 Å². The van der Waals surface area contributed by atoms with Gasteiger partial charge < -0.3 is 20.7 Å². The van der Waals surface area contributed by atoms with E-state index in [0.717, 1.165) is 25.3 Å². The molecule has 9 heteroatoms. The number of nitrogens with one attached hydrogen (secondary N) is 1. The number of halogens is 1. The van der Waals surface area contributed by atoms with Crippen LogP contribution in [0.4, 0.5) is 15.8 Å². The molecule has 3 amide bonds. The second-order valence-electron chi connectivity index (χ2n) is 7.44. The summed E-state index contributed by atoms with van der Waals surface area (Å²) in [6.07, 6.45) is 3.32. The molecule has 8 nitrogen and oxygen atoms in total. The SMILES string of the molecule is CCN(CC1CCC1)[C@H](C(N)=O)C(=O)Nc1ccc(N2CCOCC2=O)c(F)c1. The van der Waals surface area contributed by atoms with E-state index < -0.39 is 23.7 Å². The highest BCUT2D eigenvalue weighted by Gasteiger charge is 2.33. The average Bonchev–Trinajstić information content (AvgIpc) is 2.64. The van der Waals surface area contributed by atoms with Gasteiger partial charge in [0.05, 0.1) is 12.3 Å². The highest BCUT2D eigenvalue weighted by atomic mass is 19.1. The van der Waals surface area contributed by atoms with Gasteiger partial charge in [-0.1, -0.05) is 13.3 Å². The fourth-order valence-electron chi connectivity index (χ4n) is 3.69. The lowest BCUT2D eigenvalue weighted by molar-refractivity contribution is -0.133. The minimum atomic E-state index is -1.12. The third kappa shape index (κ3) is 4.91.